The lowest BCUT2D eigenvalue weighted by molar-refractivity contribution is -0.121. The van der Waals surface area contributed by atoms with Crippen LogP contribution in [-0.2, 0) is 11.3 Å². The highest BCUT2D eigenvalue weighted by Gasteiger charge is 2.49. The summed E-state index contributed by atoms with van der Waals surface area (Å²) < 4.78 is 14.9. The molecular formula is C25H29FN4O2. The molecule has 2 atom stereocenters. The highest BCUT2D eigenvalue weighted by molar-refractivity contribution is 6.06. The van der Waals surface area contributed by atoms with Crippen molar-refractivity contribution in [3.05, 3.63) is 58.9 Å². The van der Waals surface area contributed by atoms with E-state index in [4.69, 9.17) is 0 Å². The largest absolute Gasteiger partial charge is 0.369 e. The summed E-state index contributed by atoms with van der Waals surface area (Å²) in [4.78, 5) is 30.2. The molecule has 168 valence electrons. The summed E-state index contributed by atoms with van der Waals surface area (Å²) in [6.45, 7) is 7.30. The molecule has 2 aromatic carbocycles. The zero-order chi connectivity index (χ0) is 22.5. The molecule has 32 heavy (non-hydrogen) atoms. The average Bonchev–Trinajstić information content (AvgIpc) is 3.38. The van der Waals surface area contributed by atoms with Gasteiger partial charge in [0.15, 0.2) is 0 Å². The highest BCUT2D eigenvalue weighted by atomic mass is 19.1. The maximum Gasteiger partial charge on any atom is 0.253 e. The number of fused-ring (bicyclic) bond motifs is 2. The number of aryl methyl sites for hydroxylation is 1. The molecule has 0 aromatic heterocycles. The van der Waals surface area contributed by atoms with Gasteiger partial charge in [-0.15, -0.1) is 0 Å². The Morgan fingerprint density at radius 3 is 2.69 bits per heavy atom. The van der Waals surface area contributed by atoms with Gasteiger partial charge in [-0.25, -0.2) is 4.39 Å². The number of nitrogens with zero attached hydrogens (tertiary/aromatic N) is 2. The van der Waals surface area contributed by atoms with Crippen molar-refractivity contribution in [2.24, 2.45) is 5.92 Å². The lowest BCUT2D eigenvalue weighted by Gasteiger charge is -2.33. The van der Waals surface area contributed by atoms with Crippen LogP contribution in [0.2, 0.25) is 0 Å². The minimum absolute atomic E-state index is 0.102. The van der Waals surface area contributed by atoms with Crippen molar-refractivity contribution in [2.45, 2.75) is 38.8 Å². The summed E-state index contributed by atoms with van der Waals surface area (Å²) >= 11 is 0. The number of carbonyl (C=O) groups is 2. The van der Waals surface area contributed by atoms with Crippen LogP contribution >= 0.6 is 0 Å². The second-order valence-corrected chi connectivity index (χ2v) is 9.55. The van der Waals surface area contributed by atoms with E-state index in [-0.39, 0.29) is 17.6 Å². The predicted octanol–water partition coefficient (Wildman–Crippen LogP) is 3.31. The Hall–Kier alpha value is -2.93. The Labute approximate surface area is 187 Å². The molecule has 5 rings (SSSR count). The minimum atomic E-state index is -0.698. The van der Waals surface area contributed by atoms with E-state index in [0.29, 0.717) is 36.6 Å². The topological polar surface area (TPSA) is 64.7 Å². The van der Waals surface area contributed by atoms with Gasteiger partial charge in [0, 0.05) is 32.7 Å². The van der Waals surface area contributed by atoms with Gasteiger partial charge in [0.25, 0.3) is 5.91 Å². The lowest BCUT2D eigenvalue weighted by Crippen LogP contribution is -2.56. The van der Waals surface area contributed by atoms with Gasteiger partial charge in [0.2, 0.25) is 5.91 Å². The maximum absolute atomic E-state index is 14.9. The van der Waals surface area contributed by atoms with Crippen LogP contribution in [0.3, 0.4) is 0 Å². The van der Waals surface area contributed by atoms with Crippen molar-refractivity contribution in [3.63, 3.8) is 0 Å². The molecule has 2 aromatic rings. The number of amides is 2. The van der Waals surface area contributed by atoms with Gasteiger partial charge >= 0.3 is 0 Å². The van der Waals surface area contributed by atoms with E-state index in [1.54, 1.807) is 30.3 Å². The Bertz CT molecular complexity index is 1080. The van der Waals surface area contributed by atoms with Gasteiger partial charge in [0.05, 0.1) is 28.4 Å². The van der Waals surface area contributed by atoms with Crippen molar-refractivity contribution >= 4 is 23.2 Å². The fourth-order valence-corrected chi connectivity index (χ4v) is 5.37. The summed E-state index contributed by atoms with van der Waals surface area (Å²) in [5, 5.41) is 6.05. The zero-order valence-electron chi connectivity index (χ0n) is 18.6. The van der Waals surface area contributed by atoms with Crippen molar-refractivity contribution in [1.29, 1.82) is 0 Å². The number of rotatable bonds is 3. The fourth-order valence-electron chi connectivity index (χ4n) is 5.37. The normalized spacial score (nSPS) is 25.6. The van der Waals surface area contributed by atoms with Gasteiger partial charge < -0.3 is 15.5 Å². The molecule has 0 spiro atoms. The van der Waals surface area contributed by atoms with Crippen LogP contribution in [-0.4, -0.2) is 48.4 Å². The number of hydrogen-bond acceptors (Lipinski definition) is 4. The Kier molecular flexibility index (Phi) is 5.16. The van der Waals surface area contributed by atoms with Crippen LogP contribution < -0.4 is 15.5 Å². The van der Waals surface area contributed by atoms with Crippen LogP contribution in [0.15, 0.2) is 36.4 Å². The Morgan fingerprint density at radius 1 is 1.16 bits per heavy atom. The molecule has 0 bridgehead atoms. The molecule has 2 amide bonds. The Morgan fingerprint density at radius 2 is 1.91 bits per heavy atom. The number of carbonyl (C=O) groups excluding carboxylic acids is 2. The first-order valence-corrected chi connectivity index (χ1v) is 11.3. The van der Waals surface area contributed by atoms with E-state index in [1.165, 1.54) is 0 Å². The minimum Gasteiger partial charge on any atom is -0.369 e. The van der Waals surface area contributed by atoms with Gasteiger partial charge in [-0.05, 0) is 62.1 Å². The summed E-state index contributed by atoms with van der Waals surface area (Å²) in [7, 11) is 0. The molecule has 6 nitrogen and oxygen atoms in total. The highest BCUT2D eigenvalue weighted by Crippen LogP contribution is 2.34. The molecule has 7 heteroatoms. The van der Waals surface area contributed by atoms with Crippen LogP contribution in [0.5, 0.6) is 0 Å². The number of hydrogen-bond donors (Lipinski definition) is 2. The third kappa shape index (κ3) is 3.64. The maximum atomic E-state index is 14.9. The van der Waals surface area contributed by atoms with E-state index >= 15 is 0 Å². The number of para-hydroxylation sites is 1. The van der Waals surface area contributed by atoms with Crippen molar-refractivity contribution in [3.8, 4) is 0 Å². The van der Waals surface area contributed by atoms with Gasteiger partial charge in [-0.2, -0.15) is 0 Å². The van der Waals surface area contributed by atoms with E-state index in [1.807, 2.05) is 19.9 Å². The van der Waals surface area contributed by atoms with Crippen molar-refractivity contribution < 1.29 is 14.0 Å². The van der Waals surface area contributed by atoms with Crippen LogP contribution in [0.4, 0.5) is 15.8 Å². The number of likely N-dealkylation sites (tertiary alicyclic amines) is 1. The van der Waals surface area contributed by atoms with Crippen LogP contribution in [0, 0.1) is 18.7 Å². The lowest BCUT2D eigenvalue weighted by atomic mass is 9.86. The first-order valence-electron chi connectivity index (χ1n) is 11.3. The van der Waals surface area contributed by atoms with E-state index in [0.717, 1.165) is 37.1 Å². The number of benzene rings is 2. The average molecular weight is 437 g/mol. The van der Waals surface area contributed by atoms with Gasteiger partial charge in [0.1, 0.15) is 5.82 Å². The summed E-state index contributed by atoms with van der Waals surface area (Å²) in [6, 6.07) is 10.6. The van der Waals surface area contributed by atoms with Crippen LogP contribution in [0.25, 0.3) is 0 Å². The molecule has 3 aliphatic rings. The SMILES string of the molecule is Cc1cc(N2CCCC2)c(F)cc1CN1C[C@H]2C(=O)Nc3ccccc3C(=O)N[C@@]2(C)C1. The molecule has 2 saturated heterocycles. The monoisotopic (exact) mass is 436 g/mol. The van der Waals surface area contributed by atoms with E-state index < -0.39 is 11.5 Å². The first kappa shape index (κ1) is 20.9. The molecule has 0 radical (unpaired) electrons. The second kappa shape index (κ2) is 7.89. The van der Waals surface area contributed by atoms with E-state index in [9.17, 15) is 14.0 Å². The van der Waals surface area contributed by atoms with Crippen LogP contribution in [0.1, 0.15) is 41.3 Å². The quantitative estimate of drug-likeness (QED) is 0.775. The molecule has 0 unspecified atom stereocenters. The standard InChI is InChI=1S/C25H29FN4O2/c1-16-11-22(30-9-5-6-10-30)20(26)12-17(16)13-29-14-19-24(32)27-21-8-4-3-7-18(21)23(31)28-25(19,2)15-29/h3-4,7-8,11-12,19H,5-6,9-10,13-15H2,1-2H3,(H,27,32)(H,28,31)/t19-,25-/m0/s1. The number of nitrogens with one attached hydrogen (secondary N) is 2. The van der Waals surface area contributed by atoms with Crippen molar-refractivity contribution in [1.82, 2.24) is 10.2 Å². The van der Waals surface area contributed by atoms with E-state index in [2.05, 4.69) is 20.4 Å². The smallest absolute Gasteiger partial charge is 0.253 e. The predicted molar refractivity (Wildman–Crippen MR) is 122 cm³/mol. The molecule has 2 N–H and O–H groups in total. The number of anilines is 2. The second-order valence-electron chi connectivity index (χ2n) is 9.55. The molecule has 3 aliphatic heterocycles. The van der Waals surface area contributed by atoms with Gasteiger partial charge in [-0.3, -0.25) is 14.5 Å². The zero-order valence-corrected chi connectivity index (χ0v) is 18.6. The van der Waals surface area contributed by atoms with Crippen molar-refractivity contribution in [2.75, 3.05) is 36.4 Å². The summed E-state index contributed by atoms with van der Waals surface area (Å²) in [5.74, 6) is -0.874. The Balaban J connectivity index is 1.37. The molecule has 0 saturated carbocycles. The molecule has 0 aliphatic carbocycles. The molecule has 3 heterocycles. The summed E-state index contributed by atoms with van der Waals surface area (Å²) in [5.41, 5.74) is 2.95. The fraction of sp³-hybridized carbons (Fsp3) is 0.440. The molecular weight excluding hydrogens is 407 g/mol. The third-order valence-corrected chi connectivity index (χ3v) is 7.15. The third-order valence-electron chi connectivity index (χ3n) is 7.15. The number of halogens is 1. The van der Waals surface area contributed by atoms with Gasteiger partial charge in [-0.1, -0.05) is 12.1 Å². The first-order chi connectivity index (χ1) is 15.3. The summed E-state index contributed by atoms with van der Waals surface area (Å²) in [6.07, 6.45) is 2.21. The molecule has 2 fully saturated rings.